The van der Waals surface area contributed by atoms with Gasteiger partial charge in [0.2, 0.25) is 0 Å². The molecule has 2 rings (SSSR count). The summed E-state index contributed by atoms with van der Waals surface area (Å²) in [6.45, 7) is 0.304. The lowest BCUT2D eigenvalue weighted by molar-refractivity contribution is -0.129. The van der Waals surface area contributed by atoms with Gasteiger partial charge in [-0.25, -0.2) is 4.79 Å². The van der Waals surface area contributed by atoms with E-state index in [0.717, 1.165) is 6.26 Å². The third-order valence-electron chi connectivity index (χ3n) is 2.56. The number of rotatable bonds is 2. The van der Waals surface area contributed by atoms with E-state index in [4.69, 9.17) is 9.94 Å². The van der Waals surface area contributed by atoms with Gasteiger partial charge in [-0.15, -0.1) is 4.31 Å². The van der Waals surface area contributed by atoms with Crippen molar-refractivity contribution >= 4 is 22.1 Å². The van der Waals surface area contributed by atoms with Gasteiger partial charge in [0.1, 0.15) is 16.7 Å². The average Bonchev–Trinajstić information content (AvgIpc) is 2.56. The number of carboxylic acids is 1. The van der Waals surface area contributed by atoms with Crippen molar-refractivity contribution in [3.63, 3.8) is 0 Å². The molecule has 84 valence electrons. The second kappa shape index (κ2) is 3.26. The summed E-state index contributed by atoms with van der Waals surface area (Å²) < 4.78 is 23.7. The predicted molar refractivity (Wildman–Crippen MR) is 49.8 cm³/mol. The van der Waals surface area contributed by atoms with Crippen LogP contribution in [0.5, 0.6) is 0 Å². The lowest BCUT2D eigenvalue weighted by Crippen LogP contribution is -2.35. The maximum absolute atomic E-state index is 11.2. The summed E-state index contributed by atoms with van der Waals surface area (Å²) in [4.78, 5) is 15.6. The Morgan fingerprint density at radius 2 is 2.40 bits per heavy atom. The van der Waals surface area contributed by atoms with E-state index >= 15 is 0 Å². The van der Waals surface area contributed by atoms with E-state index in [9.17, 15) is 13.6 Å². The molecule has 0 aromatic carbocycles. The number of carbonyl (C=O) groups is 1. The summed E-state index contributed by atoms with van der Waals surface area (Å²) in [5.74, 6) is -1.60. The van der Waals surface area contributed by atoms with Crippen LogP contribution in [-0.2, 0) is 24.2 Å². The summed E-state index contributed by atoms with van der Waals surface area (Å²) in [6.07, 6.45) is 0.636. The first-order valence-corrected chi connectivity index (χ1v) is 6.16. The minimum absolute atomic E-state index is 0.0915. The highest BCUT2D eigenvalue weighted by Gasteiger charge is 2.49. The molecule has 7 nitrogen and oxygen atoms in total. The van der Waals surface area contributed by atoms with Crippen molar-refractivity contribution in [2.24, 2.45) is 11.1 Å². The van der Waals surface area contributed by atoms with Crippen molar-refractivity contribution < 1.29 is 23.5 Å². The number of oxime groups is 1. The van der Waals surface area contributed by atoms with Crippen molar-refractivity contribution in [2.45, 2.75) is 6.10 Å². The molecule has 2 aliphatic rings. The number of hydrogen-bond donors (Lipinski definition) is 1. The van der Waals surface area contributed by atoms with Gasteiger partial charge in [-0.3, -0.25) is 0 Å². The van der Waals surface area contributed by atoms with Gasteiger partial charge in [0.15, 0.2) is 11.8 Å². The molecule has 0 aromatic rings. The Morgan fingerprint density at radius 1 is 1.73 bits per heavy atom. The van der Waals surface area contributed by atoms with Gasteiger partial charge in [0.25, 0.3) is 0 Å². The van der Waals surface area contributed by atoms with Gasteiger partial charge in [0, 0.05) is 0 Å². The van der Waals surface area contributed by atoms with Gasteiger partial charge < -0.3 is 14.5 Å². The minimum Gasteiger partial charge on any atom is -0.598 e. The number of sulfonamides is 1. The second-order valence-electron chi connectivity index (χ2n) is 3.61. The quantitative estimate of drug-likeness (QED) is 0.613. The molecule has 0 amide bonds. The lowest BCUT2D eigenvalue weighted by Gasteiger charge is -2.19. The Balaban J connectivity index is 2.14. The normalized spacial score (nSPS) is 34.1. The molecule has 0 aliphatic carbocycles. The van der Waals surface area contributed by atoms with Crippen LogP contribution in [0, 0.1) is 5.92 Å². The zero-order chi connectivity index (χ0) is 11.2. The highest BCUT2D eigenvalue weighted by atomic mass is 32.3. The third-order valence-corrected chi connectivity index (χ3v) is 3.79. The van der Waals surface area contributed by atoms with Crippen LogP contribution >= 0.6 is 0 Å². The maximum Gasteiger partial charge on any atom is 0.354 e. The van der Waals surface area contributed by atoms with Gasteiger partial charge >= 0.3 is 5.97 Å². The monoisotopic (exact) mass is 234 g/mol. The number of hydrogen-bond acceptors (Lipinski definition) is 5. The molecule has 0 saturated carbocycles. The number of carboxylic acid groups (broad SMARTS) is 1. The van der Waals surface area contributed by atoms with Crippen molar-refractivity contribution in [1.29, 1.82) is 0 Å². The van der Waals surface area contributed by atoms with Gasteiger partial charge in [-0.2, -0.15) is 0 Å². The van der Waals surface area contributed by atoms with Crippen LogP contribution in [0.3, 0.4) is 0 Å². The maximum atomic E-state index is 11.2. The molecular formula is C7H10N2O5S. The molecule has 0 spiro atoms. The van der Waals surface area contributed by atoms with E-state index in [1.165, 1.54) is 4.31 Å². The molecule has 0 radical (unpaired) electrons. The van der Waals surface area contributed by atoms with Crippen LogP contribution in [0.2, 0.25) is 0 Å². The van der Waals surface area contributed by atoms with Crippen molar-refractivity contribution in [3.8, 4) is 0 Å². The van der Waals surface area contributed by atoms with Gasteiger partial charge in [-0.1, -0.05) is 9.36 Å². The average molecular weight is 234 g/mol. The Labute approximate surface area is 87.1 Å². The van der Waals surface area contributed by atoms with E-state index in [2.05, 4.69) is 5.16 Å². The van der Waals surface area contributed by atoms with Gasteiger partial charge in [-0.05, 0) is 0 Å². The summed E-state index contributed by atoms with van der Waals surface area (Å²) in [7, 11) is -3.29. The Morgan fingerprint density at radius 3 is 2.93 bits per heavy atom. The van der Waals surface area contributed by atoms with Crippen LogP contribution < -0.4 is 0 Å². The standard InChI is InChI=1S/C7H10N2O5S/c1-15(12,13)9-2-4-5(3-9)14-8-6(4)7(10)11/h4-5H,2-3H2,1H3,(H-,10,11,12,13). The smallest absolute Gasteiger partial charge is 0.354 e. The summed E-state index contributed by atoms with van der Waals surface area (Å²) >= 11 is 0. The third kappa shape index (κ3) is 1.75. The van der Waals surface area contributed by atoms with Crippen LogP contribution in [-0.4, -0.2) is 51.1 Å². The fraction of sp³-hybridized carbons (Fsp3) is 0.714. The summed E-state index contributed by atoms with van der Waals surface area (Å²) in [6, 6.07) is 0. The minimum atomic E-state index is -3.29. The lowest BCUT2D eigenvalue weighted by atomic mass is 10.0. The first kappa shape index (κ1) is 10.5. The highest BCUT2D eigenvalue weighted by Crippen LogP contribution is 2.29. The molecular weight excluding hydrogens is 224 g/mol. The molecule has 3 atom stereocenters. The molecule has 15 heavy (non-hydrogen) atoms. The molecule has 2 aliphatic heterocycles. The largest absolute Gasteiger partial charge is 0.598 e. The molecule has 0 bridgehead atoms. The first-order chi connectivity index (χ1) is 6.89. The molecule has 1 fully saturated rings. The number of aliphatic carboxylic acids is 1. The van der Waals surface area contributed by atoms with Crippen molar-refractivity contribution in [3.05, 3.63) is 0 Å². The SMILES string of the molecule is C[S+](=O)([O-])N1CC2ON=C(C(=O)O)C2C1. The van der Waals surface area contributed by atoms with Crippen LogP contribution in [0.15, 0.2) is 5.16 Å². The Kier molecular flexibility index (Phi) is 2.28. The highest BCUT2D eigenvalue weighted by molar-refractivity contribution is 7.94. The van der Waals surface area contributed by atoms with Crippen molar-refractivity contribution in [1.82, 2.24) is 4.31 Å². The molecule has 1 saturated heterocycles. The van der Waals surface area contributed by atoms with E-state index in [-0.39, 0.29) is 18.8 Å². The van der Waals surface area contributed by atoms with Gasteiger partial charge in [0.05, 0.1) is 19.0 Å². The van der Waals surface area contributed by atoms with Crippen molar-refractivity contribution in [2.75, 3.05) is 19.3 Å². The Hall–Kier alpha value is -0.990. The van der Waals surface area contributed by atoms with E-state index < -0.39 is 28.4 Å². The molecule has 8 heteroatoms. The molecule has 3 unspecified atom stereocenters. The second-order valence-corrected chi connectivity index (χ2v) is 5.59. The summed E-state index contributed by atoms with van der Waals surface area (Å²) in [5.41, 5.74) is -0.0915. The zero-order valence-electron chi connectivity index (χ0n) is 7.95. The van der Waals surface area contributed by atoms with E-state index in [0.29, 0.717) is 0 Å². The van der Waals surface area contributed by atoms with E-state index in [1.54, 1.807) is 0 Å². The van der Waals surface area contributed by atoms with Crippen LogP contribution in [0.25, 0.3) is 0 Å². The fourth-order valence-corrected chi connectivity index (χ4v) is 2.62. The number of nitrogens with zero attached hydrogens (tertiary/aromatic N) is 2. The first-order valence-electron chi connectivity index (χ1n) is 4.31. The molecule has 0 aromatic heterocycles. The molecule has 2 heterocycles. The van der Waals surface area contributed by atoms with Crippen LogP contribution in [0.4, 0.5) is 0 Å². The topological polar surface area (TPSA) is 102 Å². The summed E-state index contributed by atoms with van der Waals surface area (Å²) in [5, 5.41) is 12.2. The zero-order valence-corrected chi connectivity index (χ0v) is 8.77. The van der Waals surface area contributed by atoms with Crippen LogP contribution in [0.1, 0.15) is 0 Å². The Bertz CT molecular complexity index is 376. The molecule has 1 N–H and O–H groups in total. The van der Waals surface area contributed by atoms with E-state index in [1.807, 2.05) is 0 Å². The fourth-order valence-electron chi connectivity index (χ4n) is 1.77. The predicted octanol–water partition coefficient (Wildman–Crippen LogP) is -1.07. The number of fused-ring (bicyclic) bond motifs is 1.